The van der Waals surface area contributed by atoms with E-state index in [-0.39, 0.29) is 0 Å². The van der Waals surface area contributed by atoms with Crippen molar-refractivity contribution in [1.82, 2.24) is 20.1 Å². The summed E-state index contributed by atoms with van der Waals surface area (Å²) in [5.74, 6) is 0. The van der Waals surface area contributed by atoms with Crippen molar-refractivity contribution in [2.75, 3.05) is 0 Å². The SMILES string of the molecule is CCc1cc(CN[C@@H](C)c2ccncc2)n(CC)n1. The molecule has 0 spiro atoms. The summed E-state index contributed by atoms with van der Waals surface area (Å²) < 4.78 is 2.07. The molecule has 0 bridgehead atoms. The summed E-state index contributed by atoms with van der Waals surface area (Å²) in [6.07, 6.45) is 4.65. The lowest BCUT2D eigenvalue weighted by molar-refractivity contribution is 0.530. The summed E-state index contributed by atoms with van der Waals surface area (Å²) in [4.78, 5) is 4.05. The molecule has 0 unspecified atom stereocenters. The lowest BCUT2D eigenvalue weighted by Crippen LogP contribution is -2.20. The predicted octanol–water partition coefficient (Wildman–Crippen LogP) is 2.71. The highest BCUT2D eigenvalue weighted by Gasteiger charge is 2.08. The molecule has 102 valence electrons. The Kier molecular flexibility index (Phi) is 4.68. The molecule has 2 aromatic rings. The predicted molar refractivity (Wildman–Crippen MR) is 76.8 cm³/mol. The van der Waals surface area contributed by atoms with Crippen LogP contribution in [0.4, 0.5) is 0 Å². The zero-order chi connectivity index (χ0) is 13.7. The smallest absolute Gasteiger partial charge is 0.0625 e. The van der Waals surface area contributed by atoms with Gasteiger partial charge >= 0.3 is 0 Å². The summed E-state index contributed by atoms with van der Waals surface area (Å²) in [6.45, 7) is 8.19. The zero-order valence-corrected chi connectivity index (χ0v) is 11.9. The number of hydrogen-bond donors (Lipinski definition) is 1. The van der Waals surface area contributed by atoms with Crippen LogP contribution >= 0.6 is 0 Å². The normalized spacial score (nSPS) is 12.6. The Morgan fingerprint density at radius 1 is 1.26 bits per heavy atom. The molecular weight excluding hydrogens is 236 g/mol. The van der Waals surface area contributed by atoms with E-state index in [0.717, 1.165) is 25.2 Å². The van der Waals surface area contributed by atoms with E-state index in [2.05, 4.69) is 46.9 Å². The summed E-state index contributed by atoms with van der Waals surface area (Å²) >= 11 is 0. The van der Waals surface area contributed by atoms with Crippen molar-refractivity contribution >= 4 is 0 Å². The maximum atomic E-state index is 4.56. The van der Waals surface area contributed by atoms with E-state index in [0.29, 0.717) is 6.04 Å². The maximum Gasteiger partial charge on any atom is 0.0625 e. The first kappa shape index (κ1) is 13.7. The van der Waals surface area contributed by atoms with Gasteiger partial charge in [-0.3, -0.25) is 9.67 Å². The first-order valence-electron chi connectivity index (χ1n) is 6.93. The van der Waals surface area contributed by atoms with Crippen molar-refractivity contribution in [3.05, 3.63) is 47.5 Å². The molecule has 2 rings (SSSR count). The molecule has 0 aromatic carbocycles. The van der Waals surface area contributed by atoms with E-state index in [1.165, 1.54) is 11.3 Å². The lowest BCUT2D eigenvalue weighted by atomic mass is 10.1. The zero-order valence-electron chi connectivity index (χ0n) is 11.9. The third-order valence-electron chi connectivity index (χ3n) is 3.37. The van der Waals surface area contributed by atoms with Crippen LogP contribution in [0.15, 0.2) is 30.6 Å². The second kappa shape index (κ2) is 6.48. The summed E-state index contributed by atoms with van der Waals surface area (Å²) in [6, 6.07) is 6.60. The summed E-state index contributed by atoms with van der Waals surface area (Å²) in [5, 5.41) is 8.10. The van der Waals surface area contributed by atoms with Crippen LogP contribution in [-0.2, 0) is 19.5 Å². The van der Waals surface area contributed by atoms with Crippen LogP contribution < -0.4 is 5.32 Å². The summed E-state index contributed by atoms with van der Waals surface area (Å²) in [7, 11) is 0. The van der Waals surface area contributed by atoms with E-state index in [4.69, 9.17) is 0 Å². The highest BCUT2D eigenvalue weighted by atomic mass is 15.3. The molecule has 2 heterocycles. The number of hydrogen-bond acceptors (Lipinski definition) is 3. The molecule has 1 atom stereocenters. The molecule has 2 aromatic heterocycles. The minimum atomic E-state index is 0.313. The first-order chi connectivity index (χ1) is 9.24. The second-order valence-corrected chi connectivity index (χ2v) is 4.68. The van der Waals surface area contributed by atoms with Crippen LogP contribution in [0.25, 0.3) is 0 Å². The average Bonchev–Trinajstić information content (AvgIpc) is 2.88. The molecule has 0 aliphatic rings. The van der Waals surface area contributed by atoms with Crippen molar-refractivity contribution in [3.63, 3.8) is 0 Å². The monoisotopic (exact) mass is 258 g/mol. The van der Waals surface area contributed by atoms with Crippen molar-refractivity contribution in [1.29, 1.82) is 0 Å². The lowest BCUT2D eigenvalue weighted by Gasteiger charge is -2.14. The fourth-order valence-corrected chi connectivity index (χ4v) is 2.13. The molecule has 0 fully saturated rings. The van der Waals surface area contributed by atoms with Crippen molar-refractivity contribution in [3.8, 4) is 0 Å². The second-order valence-electron chi connectivity index (χ2n) is 4.68. The van der Waals surface area contributed by atoms with Gasteiger partial charge in [0.2, 0.25) is 0 Å². The largest absolute Gasteiger partial charge is 0.305 e. The molecule has 0 saturated carbocycles. The Labute approximate surface area is 114 Å². The van der Waals surface area contributed by atoms with Gasteiger partial charge in [-0.05, 0) is 44.0 Å². The van der Waals surface area contributed by atoms with Gasteiger partial charge in [0.25, 0.3) is 0 Å². The molecule has 0 amide bonds. The third-order valence-corrected chi connectivity index (χ3v) is 3.37. The van der Waals surface area contributed by atoms with Crippen LogP contribution in [0, 0.1) is 0 Å². The topological polar surface area (TPSA) is 42.7 Å². The first-order valence-corrected chi connectivity index (χ1v) is 6.93. The quantitative estimate of drug-likeness (QED) is 0.866. The fraction of sp³-hybridized carbons (Fsp3) is 0.467. The molecule has 0 saturated heterocycles. The van der Waals surface area contributed by atoms with Gasteiger partial charge in [0, 0.05) is 31.5 Å². The van der Waals surface area contributed by atoms with Gasteiger partial charge in [-0.1, -0.05) is 6.92 Å². The number of nitrogens with zero attached hydrogens (tertiary/aromatic N) is 3. The van der Waals surface area contributed by atoms with Crippen LogP contribution in [0.2, 0.25) is 0 Å². The van der Waals surface area contributed by atoms with Crippen LogP contribution in [0.1, 0.15) is 43.8 Å². The number of aryl methyl sites for hydroxylation is 2. The van der Waals surface area contributed by atoms with Gasteiger partial charge in [0.1, 0.15) is 0 Å². The Morgan fingerprint density at radius 3 is 2.63 bits per heavy atom. The number of nitrogens with one attached hydrogen (secondary N) is 1. The molecule has 19 heavy (non-hydrogen) atoms. The third kappa shape index (κ3) is 3.41. The fourth-order valence-electron chi connectivity index (χ4n) is 2.13. The van der Waals surface area contributed by atoms with E-state index >= 15 is 0 Å². The molecular formula is C15H22N4. The average molecular weight is 258 g/mol. The van der Waals surface area contributed by atoms with Crippen LogP contribution in [-0.4, -0.2) is 14.8 Å². The minimum Gasteiger partial charge on any atom is -0.305 e. The van der Waals surface area contributed by atoms with Gasteiger partial charge in [-0.25, -0.2) is 0 Å². The molecule has 0 aliphatic heterocycles. The molecule has 4 nitrogen and oxygen atoms in total. The van der Waals surface area contributed by atoms with E-state index in [9.17, 15) is 0 Å². The molecule has 1 N–H and O–H groups in total. The van der Waals surface area contributed by atoms with Gasteiger partial charge in [0.05, 0.1) is 11.4 Å². The van der Waals surface area contributed by atoms with E-state index in [1.807, 2.05) is 24.5 Å². The van der Waals surface area contributed by atoms with Crippen molar-refractivity contribution < 1.29 is 0 Å². The van der Waals surface area contributed by atoms with Gasteiger partial charge < -0.3 is 5.32 Å². The Balaban J connectivity index is 2.00. The van der Waals surface area contributed by atoms with Crippen LogP contribution in [0.3, 0.4) is 0 Å². The summed E-state index contributed by atoms with van der Waals surface area (Å²) in [5.41, 5.74) is 3.67. The van der Waals surface area contributed by atoms with Gasteiger partial charge in [-0.2, -0.15) is 5.10 Å². The molecule has 0 radical (unpaired) electrons. The van der Waals surface area contributed by atoms with Crippen LogP contribution in [0.5, 0.6) is 0 Å². The highest BCUT2D eigenvalue weighted by Crippen LogP contribution is 2.12. The van der Waals surface area contributed by atoms with Gasteiger partial charge in [-0.15, -0.1) is 0 Å². The maximum absolute atomic E-state index is 4.56. The number of aromatic nitrogens is 3. The van der Waals surface area contributed by atoms with Crippen molar-refractivity contribution in [2.45, 2.75) is 46.3 Å². The standard InChI is InChI=1S/C15H22N4/c1-4-14-10-15(19(5-2)18-14)11-17-12(3)13-6-8-16-9-7-13/h6-10,12,17H,4-5,11H2,1-3H3/t12-/m0/s1. The van der Waals surface area contributed by atoms with E-state index in [1.54, 1.807) is 0 Å². The van der Waals surface area contributed by atoms with E-state index < -0.39 is 0 Å². The minimum absolute atomic E-state index is 0.313. The number of pyridine rings is 1. The van der Waals surface area contributed by atoms with Crippen molar-refractivity contribution in [2.24, 2.45) is 0 Å². The Morgan fingerprint density at radius 2 is 2.00 bits per heavy atom. The Hall–Kier alpha value is -1.68. The number of rotatable bonds is 6. The Bertz CT molecular complexity index is 504. The van der Waals surface area contributed by atoms with Gasteiger partial charge in [0.15, 0.2) is 0 Å². The molecule has 4 heteroatoms. The highest BCUT2D eigenvalue weighted by molar-refractivity contribution is 5.15. The molecule has 0 aliphatic carbocycles.